The van der Waals surface area contributed by atoms with Gasteiger partial charge in [-0.25, -0.2) is 0 Å². The maximum atomic E-state index is 12.0. The molecule has 0 spiro atoms. The highest BCUT2D eigenvalue weighted by Gasteiger charge is 2.26. The summed E-state index contributed by atoms with van der Waals surface area (Å²) in [5.74, 6) is 0.815. The van der Waals surface area contributed by atoms with Gasteiger partial charge >= 0.3 is 0 Å². The maximum Gasteiger partial charge on any atom is 0.224 e. The quantitative estimate of drug-likeness (QED) is 0.731. The molecule has 0 radical (unpaired) electrons. The van der Waals surface area contributed by atoms with E-state index in [2.05, 4.69) is 5.32 Å². The number of hydrogen-bond donors (Lipinski definition) is 3. The van der Waals surface area contributed by atoms with Crippen molar-refractivity contribution in [2.24, 2.45) is 17.6 Å². The highest BCUT2D eigenvalue weighted by Crippen LogP contribution is 2.30. The van der Waals surface area contributed by atoms with Crippen LogP contribution in [0.3, 0.4) is 0 Å². The van der Waals surface area contributed by atoms with Gasteiger partial charge in [0.05, 0.1) is 6.42 Å². The van der Waals surface area contributed by atoms with Gasteiger partial charge in [-0.05, 0) is 35.8 Å². The van der Waals surface area contributed by atoms with Gasteiger partial charge in [0.25, 0.3) is 0 Å². The number of rotatable bonds is 6. The first-order chi connectivity index (χ1) is 9.74. The molecule has 2 rings (SSSR count). The molecule has 1 aromatic carbocycles. The molecule has 4 N–H and O–H groups in total. The van der Waals surface area contributed by atoms with Crippen LogP contribution in [0.5, 0.6) is 0 Å². The Balaban J connectivity index is 1.83. The number of benzene rings is 1. The highest BCUT2D eigenvalue weighted by atomic mass is 16.3. The molecule has 1 aliphatic carbocycles. The summed E-state index contributed by atoms with van der Waals surface area (Å²) in [4.78, 5) is 12.0. The number of carbonyl (C=O) groups is 1. The summed E-state index contributed by atoms with van der Waals surface area (Å²) in [6.07, 6.45) is 3.71. The zero-order valence-electron chi connectivity index (χ0n) is 11.8. The number of aliphatic hydroxyl groups excluding tert-OH is 1. The fourth-order valence-electron chi connectivity index (χ4n) is 3.03. The molecule has 20 heavy (non-hydrogen) atoms. The van der Waals surface area contributed by atoms with E-state index in [1.165, 1.54) is 0 Å². The minimum atomic E-state index is 0.0366. The number of aliphatic hydroxyl groups is 1. The monoisotopic (exact) mass is 276 g/mol. The third kappa shape index (κ3) is 3.81. The molecule has 4 nitrogen and oxygen atoms in total. The predicted molar refractivity (Wildman–Crippen MR) is 79.0 cm³/mol. The van der Waals surface area contributed by atoms with Gasteiger partial charge in [0.1, 0.15) is 0 Å². The summed E-state index contributed by atoms with van der Waals surface area (Å²) in [6.45, 7) is 1.37. The third-order valence-electron chi connectivity index (χ3n) is 4.30. The molecular formula is C16H24N2O2. The van der Waals surface area contributed by atoms with Crippen LogP contribution in [-0.2, 0) is 17.8 Å². The Morgan fingerprint density at radius 2 is 1.95 bits per heavy atom. The van der Waals surface area contributed by atoms with Crippen molar-refractivity contribution in [3.8, 4) is 0 Å². The van der Waals surface area contributed by atoms with E-state index >= 15 is 0 Å². The van der Waals surface area contributed by atoms with Gasteiger partial charge < -0.3 is 16.2 Å². The molecule has 4 heteroatoms. The second-order valence-electron chi connectivity index (χ2n) is 5.59. The molecule has 0 aromatic heterocycles. The van der Waals surface area contributed by atoms with Crippen molar-refractivity contribution < 1.29 is 9.90 Å². The Labute approximate surface area is 120 Å². The molecule has 1 fully saturated rings. The van der Waals surface area contributed by atoms with Gasteiger partial charge in [-0.2, -0.15) is 0 Å². The zero-order chi connectivity index (χ0) is 14.4. The summed E-state index contributed by atoms with van der Waals surface area (Å²) in [6, 6.07) is 7.78. The predicted octanol–water partition coefficient (Wildman–Crippen LogP) is 1.21. The molecule has 110 valence electrons. The van der Waals surface area contributed by atoms with Gasteiger partial charge in [-0.15, -0.1) is 0 Å². The Hall–Kier alpha value is -1.39. The van der Waals surface area contributed by atoms with E-state index in [9.17, 15) is 9.90 Å². The van der Waals surface area contributed by atoms with Crippen molar-refractivity contribution in [3.63, 3.8) is 0 Å². The van der Waals surface area contributed by atoms with Crippen LogP contribution in [0.4, 0.5) is 0 Å². The van der Waals surface area contributed by atoms with Crippen LogP contribution in [0.25, 0.3) is 0 Å². The van der Waals surface area contributed by atoms with Crippen LogP contribution in [0, 0.1) is 11.8 Å². The van der Waals surface area contributed by atoms with Crippen LogP contribution in [0.1, 0.15) is 30.4 Å². The standard InChI is InChI=1S/C16H24N2O2/c17-9-13-5-2-1-4-12(13)8-16(20)18-10-14-6-3-7-15(14)11-19/h1-2,4-5,14-15,19H,3,6-11,17H2,(H,18,20). The Morgan fingerprint density at radius 1 is 1.25 bits per heavy atom. The van der Waals surface area contributed by atoms with Crippen LogP contribution < -0.4 is 11.1 Å². The number of carbonyl (C=O) groups excluding carboxylic acids is 1. The number of hydrogen-bond acceptors (Lipinski definition) is 3. The molecule has 1 saturated carbocycles. The van der Waals surface area contributed by atoms with Crippen molar-refractivity contribution in [1.82, 2.24) is 5.32 Å². The first kappa shape index (κ1) is 15.0. The van der Waals surface area contributed by atoms with E-state index in [1.54, 1.807) is 0 Å². The van der Waals surface area contributed by atoms with Crippen molar-refractivity contribution in [2.75, 3.05) is 13.2 Å². The maximum absolute atomic E-state index is 12.0. The number of nitrogens with one attached hydrogen (secondary N) is 1. The summed E-state index contributed by atoms with van der Waals surface area (Å²) < 4.78 is 0. The lowest BCUT2D eigenvalue weighted by Crippen LogP contribution is -2.32. The van der Waals surface area contributed by atoms with Gasteiger partial charge in [0.2, 0.25) is 5.91 Å². The van der Waals surface area contributed by atoms with Crippen molar-refractivity contribution in [2.45, 2.75) is 32.2 Å². The molecule has 0 saturated heterocycles. The third-order valence-corrected chi connectivity index (χ3v) is 4.30. The first-order valence-corrected chi connectivity index (χ1v) is 7.39. The molecule has 1 aromatic rings. The summed E-state index contributed by atoms with van der Waals surface area (Å²) >= 11 is 0. The van der Waals surface area contributed by atoms with Crippen molar-refractivity contribution >= 4 is 5.91 Å². The SMILES string of the molecule is NCc1ccccc1CC(=O)NCC1CCCC1CO. The van der Waals surface area contributed by atoms with E-state index in [0.29, 0.717) is 31.3 Å². The van der Waals surface area contributed by atoms with Crippen LogP contribution >= 0.6 is 0 Å². The minimum absolute atomic E-state index is 0.0366. The van der Waals surface area contributed by atoms with Crippen LogP contribution in [0.15, 0.2) is 24.3 Å². The molecule has 0 bridgehead atoms. The molecule has 2 atom stereocenters. The van der Waals surface area contributed by atoms with Gasteiger partial charge in [-0.3, -0.25) is 4.79 Å². The van der Waals surface area contributed by atoms with Crippen molar-refractivity contribution in [1.29, 1.82) is 0 Å². The average Bonchev–Trinajstić information content (AvgIpc) is 2.93. The Kier molecular flexibility index (Phi) is 5.56. The summed E-state index contributed by atoms with van der Waals surface area (Å²) in [7, 11) is 0. The Bertz CT molecular complexity index is 448. The van der Waals surface area contributed by atoms with Crippen molar-refractivity contribution in [3.05, 3.63) is 35.4 Å². The lowest BCUT2D eigenvalue weighted by Gasteiger charge is -2.18. The minimum Gasteiger partial charge on any atom is -0.396 e. The highest BCUT2D eigenvalue weighted by molar-refractivity contribution is 5.78. The van der Waals surface area contributed by atoms with E-state index in [0.717, 1.165) is 30.4 Å². The fraction of sp³-hybridized carbons (Fsp3) is 0.562. The first-order valence-electron chi connectivity index (χ1n) is 7.39. The second-order valence-corrected chi connectivity index (χ2v) is 5.59. The van der Waals surface area contributed by atoms with E-state index in [-0.39, 0.29) is 12.5 Å². The number of amides is 1. The van der Waals surface area contributed by atoms with Gasteiger partial charge in [0.15, 0.2) is 0 Å². The summed E-state index contributed by atoms with van der Waals surface area (Å²) in [5.41, 5.74) is 7.70. The average molecular weight is 276 g/mol. The van der Waals surface area contributed by atoms with E-state index in [1.807, 2.05) is 24.3 Å². The molecule has 0 aliphatic heterocycles. The second kappa shape index (κ2) is 7.41. The molecule has 0 heterocycles. The lowest BCUT2D eigenvalue weighted by atomic mass is 9.97. The fourth-order valence-corrected chi connectivity index (χ4v) is 3.03. The van der Waals surface area contributed by atoms with E-state index < -0.39 is 0 Å². The Morgan fingerprint density at radius 3 is 2.65 bits per heavy atom. The van der Waals surface area contributed by atoms with E-state index in [4.69, 9.17) is 5.73 Å². The molecule has 2 unspecified atom stereocenters. The largest absolute Gasteiger partial charge is 0.396 e. The topological polar surface area (TPSA) is 75.4 Å². The summed E-state index contributed by atoms with van der Waals surface area (Å²) in [5, 5.41) is 12.3. The van der Waals surface area contributed by atoms with Crippen LogP contribution in [-0.4, -0.2) is 24.2 Å². The number of nitrogens with two attached hydrogens (primary N) is 1. The molecule has 1 amide bonds. The smallest absolute Gasteiger partial charge is 0.224 e. The van der Waals surface area contributed by atoms with Gasteiger partial charge in [-0.1, -0.05) is 30.7 Å². The molecular weight excluding hydrogens is 252 g/mol. The van der Waals surface area contributed by atoms with Crippen LogP contribution in [0.2, 0.25) is 0 Å². The lowest BCUT2D eigenvalue weighted by molar-refractivity contribution is -0.120. The zero-order valence-corrected chi connectivity index (χ0v) is 11.8. The normalized spacial score (nSPS) is 21.9. The molecule has 1 aliphatic rings. The van der Waals surface area contributed by atoms with Gasteiger partial charge in [0, 0.05) is 19.7 Å².